The van der Waals surface area contributed by atoms with Gasteiger partial charge in [-0.2, -0.15) is 0 Å². The van der Waals surface area contributed by atoms with Crippen molar-refractivity contribution in [2.45, 2.75) is 6.04 Å². The van der Waals surface area contributed by atoms with Gasteiger partial charge in [-0.1, -0.05) is 0 Å². The molecule has 12 heavy (non-hydrogen) atoms. The molecule has 0 aliphatic rings. The molecular weight excluding hydrogens is 170 g/mol. The SMILES string of the molecule is CN(CC(N)CN)c1cccs1. The lowest BCUT2D eigenvalue weighted by atomic mass is 10.3. The minimum absolute atomic E-state index is 0.0668. The monoisotopic (exact) mass is 185 g/mol. The van der Waals surface area contributed by atoms with E-state index in [4.69, 9.17) is 11.5 Å². The maximum atomic E-state index is 5.72. The van der Waals surface area contributed by atoms with Gasteiger partial charge in [-0.15, -0.1) is 11.3 Å². The van der Waals surface area contributed by atoms with Gasteiger partial charge in [0, 0.05) is 26.2 Å². The Hall–Kier alpha value is -0.580. The summed E-state index contributed by atoms with van der Waals surface area (Å²) >= 11 is 1.71. The highest BCUT2D eigenvalue weighted by molar-refractivity contribution is 7.14. The van der Waals surface area contributed by atoms with Gasteiger partial charge < -0.3 is 16.4 Å². The fourth-order valence-electron chi connectivity index (χ4n) is 1.00. The van der Waals surface area contributed by atoms with E-state index >= 15 is 0 Å². The summed E-state index contributed by atoms with van der Waals surface area (Å²) in [5.41, 5.74) is 11.1. The summed E-state index contributed by atoms with van der Waals surface area (Å²) in [4.78, 5) is 2.13. The van der Waals surface area contributed by atoms with Gasteiger partial charge in [-0.3, -0.25) is 0 Å². The minimum atomic E-state index is 0.0668. The molecular formula is C8H15N3S. The van der Waals surface area contributed by atoms with E-state index in [2.05, 4.69) is 16.3 Å². The third kappa shape index (κ3) is 2.48. The highest BCUT2D eigenvalue weighted by atomic mass is 32.1. The molecule has 4 N–H and O–H groups in total. The molecule has 3 nitrogen and oxygen atoms in total. The largest absolute Gasteiger partial charge is 0.365 e. The third-order valence-electron chi connectivity index (χ3n) is 1.69. The Morgan fingerprint density at radius 3 is 2.92 bits per heavy atom. The van der Waals surface area contributed by atoms with Crippen LogP contribution >= 0.6 is 11.3 Å². The topological polar surface area (TPSA) is 55.3 Å². The third-order valence-corrected chi connectivity index (χ3v) is 2.68. The van der Waals surface area contributed by atoms with Gasteiger partial charge in [0.2, 0.25) is 0 Å². The van der Waals surface area contributed by atoms with Crippen LogP contribution in [0, 0.1) is 0 Å². The van der Waals surface area contributed by atoms with E-state index in [-0.39, 0.29) is 6.04 Å². The van der Waals surface area contributed by atoms with Crippen LogP contribution in [0.15, 0.2) is 17.5 Å². The van der Waals surface area contributed by atoms with Crippen LogP contribution < -0.4 is 16.4 Å². The standard InChI is InChI=1S/C8H15N3S/c1-11(6-7(10)5-9)8-3-2-4-12-8/h2-4,7H,5-6,9-10H2,1H3. The van der Waals surface area contributed by atoms with Crippen molar-refractivity contribution in [2.75, 3.05) is 25.0 Å². The lowest BCUT2D eigenvalue weighted by molar-refractivity contribution is 0.670. The lowest BCUT2D eigenvalue weighted by Crippen LogP contribution is -2.40. The average molecular weight is 185 g/mol. The molecule has 1 unspecified atom stereocenters. The molecule has 0 fully saturated rings. The lowest BCUT2D eigenvalue weighted by Gasteiger charge is -2.20. The van der Waals surface area contributed by atoms with Crippen molar-refractivity contribution >= 4 is 16.3 Å². The average Bonchev–Trinajstić information content (AvgIpc) is 2.56. The normalized spacial score (nSPS) is 12.9. The number of thiophene rings is 1. The Kier molecular flexibility index (Phi) is 3.52. The second-order valence-electron chi connectivity index (χ2n) is 2.83. The first kappa shape index (κ1) is 9.51. The molecule has 1 rings (SSSR count). The zero-order valence-electron chi connectivity index (χ0n) is 7.23. The van der Waals surface area contributed by atoms with Gasteiger partial charge in [-0.25, -0.2) is 0 Å². The Balaban J connectivity index is 2.44. The molecule has 0 radical (unpaired) electrons. The summed E-state index contributed by atoms with van der Waals surface area (Å²) in [5.74, 6) is 0. The molecule has 1 atom stereocenters. The van der Waals surface area contributed by atoms with Crippen molar-refractivity contribution < 1.29 is 0 Å². The summed E-state index contributed by atoms with van der Waals surface area (Å²) in [7, 11) is 2.03. The van der Waals surface area contributed by atoms with Crippen LogP contribution in [-0.4, -0.2) is 26.2 Å². The van der Waals surface area contributed by atoms with E-state index in [9.17, 15) is 0 Å². The predicted octanol–water partition coefficient (Wildman–Crippen LogP) is 0.470. The summed E-state index contributed by atoms with van der Waals surface area (Å²) in [6, 6.07) is 4.18. The summed E-state index contributed by atoms with van der Waals surface area (Å²) in [6.45, 7) is 1.35. The van der Waals surface area contributed by atoms with Crippen molar-refractivity contribution in [1.29, 1.82) is 0 Å². The first-order valence-corrected chi connectivity index (χ1v) is 4.82. The van der Waals surface area contributed by atoms with Crippen LogP contribution in [0.4, 0.5) is 5.00 Å². The van der Waals surface area contributed by atoms with Crippen LogP contribution in [0.25, 0.3) is 0 Å². The van der Waals surface area contributed by atoms with Crippen molar-refractivity contribution in [1.82, 2.24) is 0 Å². The molecule has 0 amide bonds. The number of anilines is 1. The molecule has 1 heterocycles. The smallest absolute Gasteiger partial charge is 0.0906 e. The summed E-state index contributed by atoms with van der Waals surface area (Å²) in [5, 5.41) is 3.29. The zero-order valence-corrected chi connectivity index (χ0v) is 8.05. The van der Waals surface area contributed by atoms with Crippen LogP contribution in [0.5, 0.6) is 0 Å². The zero-order chi connectivity index (χ0) is 8.97. The van der Waals surface area contributed by atoms with Gasteiger partial charge in [0.15, 0.2) is 0 Å². The molecule has 1 aromatic rings. The molecule has 0 saturated carbocycles. The van der Waals surface area contributed by atoms with Crippen molar-refractivity contribution in [3.63, 3.8) is 0 Å². The van der Waals surface area contributed by atoms with Crippen LogP contribution in [0.3, 0.4) is 0 Å². The number of nitrogens with two attached hydrogens (primary N) is 2. The molecule has 0 bridgehead atoms. The molecule has 0 aliphatic carbocycles. The van der Waals surface area contributed by atoms with Crippen LogP contribution in [-0.2, 0) is 0 Å². The maximum absolute atomic E-state index is 5.72. The Morgan fingerprint density at radius 1 is 1.67 bits per heavy atom. The molecule has 4 heteroatoms. The van der Waals surface area contributed by atoms with E-state index in [0.717, 1.165) is 6.54 Å². The van der Waals surface area contributed by atoms with E-state index < -0.39 is 0 Å². The quantitative estimate of drug-likeness (QED) is 0.717. The maximum Gasteiger partial charge on any atom is 0.0906 e. The number of nitrogens with zero attached hydrogens (tertiary/aromatic N) is 1. The van der Waals surface area contributed by atoms with Crippen LogP contribution in [0.2, 0.25) is 0 Å². The van der Waals surface area contributed by atoms with Gasteiger partial charge in [0.05, 0.1) is 5.00 Å². The molecule has 68 valence electrons. The summed E-state index contributed by atoms with van der Waals surface area (Å²) < 4.78 is 0. The fraction of sp³-hybridized carbons (Fsp3) is 0.500. The number of hydrogen-bond donors (Lipinski definition) is 2. The second-order valence-corrected chi connectivity index (χ2v) is 3.75. The Labute approximate surface area is 77.0 Å². The van der Waals surface area contributed by atoms with Gasteiger partial charge >= 0.3 is 0 Å². The van der Waals surface area contributed by atoms with Crippen molar-refractivity contribution in [3.05, 3.63) is 17.5 Å². The molecule has 0 saturated heterocycles. The predicted molar refractivity (Wildman–Crippen MR) is 54.6 cm³/mol. The molecule has 1 aromatic heterocycles. The summed E-state index contributed by atoms with van der Waals surface area (Å²) in [6.07, 6.45) is 0. The molecule has 0 spiro atoms. The second kappa shape index (κ2) is 4.45. The first-order valence-electron chi connectivity index (χ1n) is 3.94. The Morgan fingerprint density at radius 2 is 2.42 bits per heavy atom. The van der Waals surface area contributed by atoms with Gasteiger partial charge in [0.25, 0.3) is 0 Å². The van der Waals surface area contributed by atoms with E-state index in [1.165, 1.54) is 5.00 Å². The highest BCUT2D eigenvalue weighted by Crippen LogP contribution is 2.19. The number of likely N-dealkylation sites (N-methyl/N-ethyl adjacent to an activating group) is 1. The molecule has 0 aromatic carbocycles. The Bertz CT molecular complexity index is 210. The molecule has 0 aliphatic heterocycles. The van der Waals surface area contributed by atoms with E-state index in [1.54, 1.807) is 11.3 Å². The van der Waals surface area contributed by atoms with Gasteiger partial charge in [0.1, 0.15) is 0 Å². The van der Waals surface area contributed by atoms with Crippen molar-refractivity contribution in [3.8, 4) is 0 Å². The minimum Gasteiger partial charge on any atom is -0.365 e. The van der Waals surface area contributed by atoms with E-state index in [1.807, 2.05) is 13.1 Å². The first-order chi connectivity index (χ1) is 5.74. The van der Waals surface area contributed by atoms with E-state index in [0.29, 0.717) is 6.54 Å². The number of hydrogen-bond acceptors (Lipinski definition) is 4. The van der Waals surface area contributed by atoms with Crippen molar-refractivity contribution in [2.24, 2.45) is 11.5 Å². The van der Waals surface area contributed by atoms with Gasteiger partial charge in [-0.05, 0) is 17.5 Å². The highest BCUT2D eigenvalue weighted by Gasteiger charge is 2.05. The number of rotatable bonds is 4. The fourth-order valence-corrected chi connectivity index (χ4v) is 1.71. The van der Waals surface area contributed by atoms with Crippen LogP contribution in [0.1, 0.15) is 0 Å².